The summed E-state index contributed by atoms with van der Waals surface area (Å²) in [5.41, 5.74) is -0.367. The lowest BCUT2D eigenvalue weighted by Crippen LogP contribution is -2.67. The molecule has 7 aliphatic rings. The molecule has 4 saturated carbocycles. The van der Waals surface area contributed by atoms with Crippen molar-refractivity contribution in [2.24, 2.45) is 50.2 Å². The zero-order chi connectivity index (χ0) is 39.4. The van der Waals surface area contributed by atoms with Crippen LogP contribution >= 0.6 is 0 Å². The quantitative estimate of drug-likeness (QED) is 0.138. The van der Waals surface area contributed by atoms with Gasteiger partial charge in [0.2, 0.25) is 0 Å². The van der Waals surface area contributed by atoms with E-state index < -0.39 is 84.8 Å². The van der Waals surface area contributed by atoms with Crippen LogP contribution in [0.1, 0.15) is 106 Å². The summed E-state index contributed by atoms with van der Waals surface area (Å²) in [5.74, 6) is -0.265. The van der Waals surface area contributed by atoms with Crippen LogP contribution < -0.4 is 0 Å². The molecule has 8 N–H and O–H groups in total. The van der Waals surface area contributed by atoms with E-state index in [1.165, 1.54) is 5.57 Å². The maximum atomic E-state index is 13.0. The highest BCUT2D eigenvalue weighted by Gasteiger charge is 2.70. The highest BCUT2D eigenvalue weighted by Crippen LogP contribution is 2.76. The molecule has 0 aromatic carbocycles. The first kappa shape index (κ1) is 40.9. The van der Waals surface area contributed by atoms with Gasteiger partial charge in [-0.2, -0.15) is 0 Å². The molecule has 2 aliphatic heterocycles. The smallest absolute Gasteiger partial charge is 0.310 e. The molecule has 13 heteroatoms. The molecule has 0 aromatic rings. The van der Waals surface area contributed by atoms with Gasteiger partial charge in [-0.1, -0.05) is 53.2 Å². The summed E-state index contributed by atoms with van der Waals surface area (Å²) >= 11 is 0. The molecule has 18 atom stereocenters. The van der Waals surface area contributed by atoms with Crippen molar-refractivity contribution in [2.75, 3.05) is 19.8 Å². The Balaban J connectivity index is 1.15. The third-order valence-electron chi connectivity index (χ3n) is 17.0. The van der Waals surface area contributed by atoms with Crippen molar-refractivity contribution < 1.29 is 64.6 Å². The molecule has 6 fully saturated rings. The lowest BCUT2D eigenvalue weighted by atomic mass is 9.33. The minimum Gasteiger partial charge on any atom is -0.481 e. The Labute approximate surface area is 319 Å². The molecule has 7 rings (SSSR count). The normalized spacial score (nSPS) is 54.3. The van der Waals surface area contributed by atoms with Gasteiger partial charge in [0.15, 0.2) is 12.6 Å². The molecule has 0 spiro atoms. The maximum absolute atomic E-state index is 13.0. The number of hydrogen-bond donors (Lipinski definition) is 8. The second-order valence-corrected chi connectivity index (χ2v) is 20.1. The molecule has 0 bridgehead atoms. The minimum absolute atomic E-state index is 0.0233. The number of carboxylic acid groups (broad SMARTS) is 1. The van der Waals surface area contributed by atoms with Gasteiger partial charge in [0.25, 0.3) is 0 Å². The van der Waals surface area contributed by atoms with Crippen LogP contribution in [0.3, 0.4) is 0 Å². The molecule has 0 amide bonds. The molecule has 2 saturated heterocycles. The van der Waals surface area contributed by atoms with Crippen LogP contribution in [0.25, 0.3) is 0 Å². The SMILES string of the molecule is CC1(C)CC[C@]2(C(=O)O)CC[C@]3(C)C(=CCC4[C@@]5(C)CC[C@H](O[C@@H]6OC[C@H](O)[C@H](O)[C@H]6O[C@@H]6O[C@H](CO)[C@@H](O)[C@H](O)[C@H]6O)[C@@](C)(CO)[C@@H]5CC[C@]43C)[C@@H]2C1. The topological polar surface area (TPSA) is 216 Å². The molecule has 5 aliphatic carbocycles. The van der Waals surface area contributed by atoms with E-state index in [0.29, 0.717) is 18.8 Å². The highest BCUT2D eigenvalue weighted by atomic mass is 16.8. The monoisotopic (exact) mass is 766 g/mol. The predicted molar refractivity (Wildman–Crippen MR) is 193 cm³/mol. The number of carbonyl (C=O) groups is 1. The van der Waals surface area contributed by atoms with Crippen molar-refractivity contribution >= 4 is 5.97 Å². The van der Waals surface area contributed by atoms with Gasteiger partial charge in [-0.05, 0) is 104 Å². The fourth-order valence-electron chi connectivity index (χ4n) is 13.4. The van der Waals surface area contributed by atoms with E-state index in [1.54, 1.807) is 0 Å². The molecule has 0 radical (unpaired) electrons. The van der Waals surface area contributed by atoms with Crippen molar-refractivity contribution in [2.45, 2.75) is 167 Å². The van der Waals surface area contributed by atoms with Gasteiger partial charge in [0.1, 0.15) is 42.7 Å². The number of aliphatic hydroxyl groups is 7. The van der Waals surface area contributed by atoms with Crippen LogP contribution in [-0.4, -0.2) is 128 Å². The van der Waals surface area contributed by atoms with Crippen LogP contribution in [0.5, 0.6) is 0 Å². The summed E-state index contributed by atoms with van der Waals surface area (Å²) < 4.78 is 24.1. The first-order chi connectivity index (χ1) is 25.2. The number of carboxylic acids is 1. The van der Waals surface area contributed by atoms with Crippen molar-refractivity contribution in [1.82, 2.24) is 0 Å². The van der Waals surface area contributed by atoms with E-state index in [0.717, 1.165) is 51.4 Å². The molecular weight excluding hydrogens is 700 g/mol. The van der Waals surface area contributed by atoms with E-state index in [1.807, 2.05) is 0 Å². The number of hydrogen-bond acceptors (Lipinski definition) is 12. The van der Waals surface area contributed by atoms with Gasteiger partial charge in [-0.15, -0.1) is 0 Å². The predicted octanol–water partition coefficient (Wildman–Crippen LogP) is 2.49. The summed E-state index contributed by atoms with van der Waals surface area (Å²) in [7, 11) is 0. The average molecular weight is 767 g/mol. The van der Waals surface area contributed by atoms with Crippen molar-refractivity contribution in [3.63, 3.8) is 0 Å². The molecule has 1 unspecified atom stereocenters. The van der Waals surface area contributed by atoms with Crippen LogP contribution in [0.4, 0.5) is 0 Å². The van der Waals surface area contributed by atoms with Crippen LogP contribution in [0.15, 0.2) is 11.6 Å². The number of aliphatic hydroxyl groups excluding tert-OH is 7. The van der Waals surface area contributed by atoms with E-state index in [4.69, 9.17) is 18.9 Å². The Bertz CT molecular complexity index is 1450. The van der Waals surface area contributed by atoms with Gasteiger partial charge >= 0.3 is 5.97 Å². The summed E-state index contributed by atoms with van der Waals surface area (Å²) in [6.45, 7) is 12.8. The lowest BCUT2D eigenvalue weighted by molar-refractivity contribution is -0.368. The third-order valence-corrected chi connectivity index (χ3v) is 17.0. The third kappa shape index (κ3) is 5.92. The lowest BCUT2D eigenvalue weighted by Gasteiger charge is -2.71. The molecule has 54 heavy (non-hydrogen) atoms. The van der Waals surface area contributed by atoms with Gasteiger partial charge in [0, 0.05) is 5.41 Å². The molecule has 0 aromatic heterocycles. The van der Waals surface area contributed by atoms with Gasteiger partial charge in [0.05, 0.1) is 31.3 Å². The maximum Gasteiger partial charge on any atom is 0.310 e. The van der Waals surface area contributed by atoms with E-state index in [2.05, 4.69) is 47.6 Å². The Morgan fingerprint density at radius 1 is 0.815 bits per heavy atom. The highest BCUT2D eigenvalue weighted by molar-refractivity contribution is 5.76. The second kappa shape index (κ2) is 14.0. The van der Waals surface area contributed by atoms with Gasteiger partial charge in [-0.25, -0.2) is 0 Å². The van der Waals surface area contributed by atoms with Crippen LogP contribution in [-0.2, 0) is 23.7 Å². The first-order valence-electron chi connectivity index (χ1n) is 20.4. The van der Waals surface area contributed by atoms with E-state index in [-0.39, 0.29) is 46.7 Å². The van der Waals surface area contributed by atoms with Crippen molar-refractivity contribution in [3.8, 4) is 0 Å². The Morgan fingerprint density at radius 2 is 1.52 bits per heavy atom. The standard InChI is InChI=1S/C41H66O13/c1-36(2)13-15-41(35(49)50)16-14-39(5)21(22(41)17-36)7-8-26-37(3)11-10-27(38(4,20-43)25(37)9-12-40(26,39)6)53-34-32(28(45)23(44)19-51-34)54-33-31(48)30(47)29(46)24(18-42)52-33/h7,22-34,42-48H,8-20H2,1-6H3,(H,49,50)/t22-,23-,24+,25+,26?,27-,28-,29+,30-,31+,32+,33-,34-,37-,38-,39+,40+,41-/m0/s1. The fraction of sp³-hybridized carbons (Fsp3) is 0.927. The summed E-state index contributed by atoms with van der Waals surface area (Å²) in [6.07, 6.45) is -3.32. The zero-order valence-electron chi connectivity index (χ0n) is 32.9. The number of fused-ring (bicyclic) bond motifs is 7. The zero-order valence-corrected chi connectivity index (χ0v) is 32.9. The largest absolute Gasteiger partial charge is 0.481 e. The summed E-state index contributed by atoms with van der Waals surface area (Å²) in [4.78, 5) is 13.0. The second-order valence-electron chi connectivity index (χ2n) is 20.1. The molecule has 2 heterocycles. The Kier molecular flexibility index (Phi) is 10.6. The number of allylic oxidation sites excluding steroid dienone is 2. The summed E-state index contributed by atoms with van der Waals surface area (Å²) in [6, 6.07) is 0. The van der Waals surface area contributed by atoms with Gasteiger partial charge < -0.3 is 59.8 Å². The Morgan fingerprint density at radius 3 is 2.19 bits per heavy atom. The summed E-state index contributed by atoms with van der Waals surface area (Å²) in [5, 5.41) is 84.7. The van der Waals surface area contributed by atoms with E-state index >= 15 is 0 Å². The Hall–Kier alpha value is -1.23. The number of aliphatic carboxylic acids is 1. The molecule has 308 valence electrons. The first-order valence-corrected chi connectivity index (χ1v) is 20.4. The number of ether oxygens (including phenoxy) is 4. The van der Waals surface area contributed by atoms with Crippen molar-refractivity contribution in [3.05, 3.63) is 11.6 Å². The molecular formula is C41H66O13. The average Bonchev–Trinajstić information content (AvgIpc) is 3.12. The fourth-order valence-corrected chi connectivity index (χ4v) is 13.4. The van der Waals surface area contributed by atoms with E-state index in [9.17, 15) is 45.6 Å². The van der Waals surface area contributed by atoms with Gasteiger partial charge in [-0.3, -0.25) is 4.79 Å². The van der Waals surface area contributed by atoms with Crippen LogP contribution in [0, 0.1) is 50.2 Å². The number of rotatable bonds is 7. The van der Waals surface area contributed by atoms with Crippen LogP contribution in [0.2, 0.25) is 0 Å². The van der Waals surface area contributed by atoms with Crippen molar-refractivity contribution in [1.29, 1.82) is 0 Å². The molecule has 13 nitrogen and oxygen atoms in total. The minimum atomic E-state index is -1.73.